The molecule has 0 aliphatic carbocycles. The molecule has 6 nitrogen and oxygen atoms in total. The first-order chi connectivity index (χ1) is 12.9. The second-order valence-corrected chi connectivity index (χ2v) is 8.26. The minimum atomic E-state index is -0.517. The number of anilines is 2. The average molecular weight is 407 g/mol. The van der Waals surface area contributed by atoms with E-state index in [4.69, 9.17) is 17.3 Å². The van der Waals surface area contributed by atoms with Crippen molar-refractivity contribution in [2.24, 2.45) is 5.73 Å². The standard InChI is InChI=1S/C19H23ClN4O2S/c1-3-4-13-9-15-14(10-24(13)2)16(17(21)25)18(27-15)23-19(26)22-12-7-5-11(20)6-8-12/h5-8,13H,3-4,9-10H2,1-2H3,(H2,21,25)(H2,22,23,26). The summed E-state index contributed by atoms with van der Waals surface area (Å²) in [7, 11) is 2.06. The third-order valence-corrected chi connectivity index (χ3v) is 6.16. The van der Waals surface area contributed by atoms with Crippen molar-refractivity contribution in [1.29, 1.82) is 0 Å². The number of primary amides is 1. The largest absolute Gasteiger partial charge is 0.365 e. The lowest BCUT2D eigenvalue weighted by Crippen LogP contribution is -2.37. The Morgan fingerprint density at radius 3 is 2.63 bits per heavy atom. The van der Waals surface area contributed by atoms with Crippen LogP contribution < -0.4 is 16.4 Å². The van der Waals surface area contributed by atoms with Crippen molar-refractivity contribution >= 4 is 45.6 Å². The zero-order chi connectivity index (χ0) is 19.6. The highest BCUT2D eigenvalue weighted by molar-refractivity contribution is 7.17. The lowest BCUT2D eigenvalue weighted by Gasteiger charge is -2.32. The molecule has 2 heterocycles. The minimum Gasteiger partial charge on any atom is -0.365 e. The van der Waals surface area contributed by atoms with Crippen molar-refractivity contribution in [3.63, 3.8) is 0 Å². The Morgan fingerprint density at radius 1 is 1.30 bits per heavy atom. The highest BCUT2D eigenvalue weighted by atomic mass is 35.5. The van der Waals surface area contributed by atoms with Gasteiger partial charge in [0, 0.05) is 28.2 Å². The van der Waals surface area contributed by atoms with E-state index in [1.807, 2.05) is 0 Å². The van der Waals surface area contributed by atoms with Crippen molar-refractivity contribution in [1.82, 2.24) is 4.90 Å². The van der Waals surface area contributed by atoms with Crippen LogP contribution in [0.5, 0.6) is 0 Å². The number of thiophene rings is 1. The first-order valence-corrected chi connectivity index (χ1v) is 10.1. The van der Waals surface area contributed by atoms with Gasteiger partial charge >= 0.3 is 6.03 Å². The van der Waals surface area contributed by atoms with Crippen LogP contribution in [-0.4, -0.2) is 29.9 Å². The summed E-state index contributed by atoms with van der Waals surface area (Å²) in [6, 6.07) is 6.83. The van der Waals surface area contributed by atoms with Gasteiger partial charge in [-0.05, 0) is 49.7 Å². The molecule has 0 fully saturated rings. The number of urea groups is 1. The van der Waals surface area contributed by atoms with Gasteiger partial charge in [-0.15, -0.1) is 11.3 Å². The number of rotatable bonds is 5. The van der Waals surface area contributed by atoms with Crippen molar-refractivity contribution in [3.8, 4) is 0 Å². The summed E-state index contributed by atoms with van der Waals surface area (Å²) in [5, 5.41) is 6.62. The third kappa shape index (κ3) is 4.43. The van der Waals surface area contributed by atoms with Crippen molar-refractivity contribution in [2.45, 2.75) is 38.8 Å². The lowest BCUT2D eigenvalue weighted by molar-refractivity contribution is 0.0998. The van der Waals surface area contributed by atoms with Gasteiger partial charge in [0.15, 0.2) is 0 Å². The zero-order valence-corrected chi connectivity index (χ0v) is 16.9. The number of halogens is 1. The molecule has 1 aliphatic heterocycles. The molecule has 2 aromatic rings. The molecule has 1 atom stereocenters. The monoisotopic (exact) mass is 406 g/mol. The molecule has 144 valence electrons. The Morgan fingerprint density at radius 2 is 2.00 bits per heavy atom. The summed E-state index contributed by atoms with van der Waals surface area (Å²) in [6.45, 7) is 2.83. The second kappa shape index (κ2) is 8.29. The van der Waals surface area contributed by atoms with Crippen LogP contribution in [0.2, 0.25) is 5.02 Å². The van der Waals surface area contributed by atoms with Gasteiger partial charge in [-0.3, -0.25) is 15.0 Å². The predicted molar refractivity (Wildman–Crippen MR) is 111 cm³/mol. The molecule has 0 saturated heterocycles. The highest BCUT2D eigenvalue weighted by Gasteiger charge is 2.31. The third-order valence-electron chi connectivity index (χ3n) is 4.74. The van der Waals surface area contributed by atoms with Gasteiger partial charge in [0.1, 0.15) is 5.00 Å². The van der Waals surface area contributed by atoms with Crippen molar-refractivity contribution in [2.75, 3.05) is 17.7 Å². The first-order valence-electron chi connectivity index (χ1n) is 8.87. The number of nitrogens with two attached hydrogens (primary N) is 1. The summed E-state index contributed by atoms with van der Waals surface area (Å²) in [6.07, 6.45) is 3.07. The number of hydrogen-bond donors (Lipinski definition) is 3. The normalized spacial score (nSPS) is 16.6. The Bertz CT molecular complexity index is 850. The molecule has 0 saturated carbocycles. The minimum absolute atomic E-state index is 0.419. The van der Waals surface area contributed by atoms with Gasteiger partial charge < -0.3 is 11.1 Å². The fourth-order valence-electron chi connectivity index (χ4n) is 3.40. The van der Waals surface area contributed by atoms with E-state index in [9.17, 15) is 9.59 Å². The average Bonchev–Trinajstić information content (AvgIpc) is 2.94. The summed E-state index contributed by atoms with van der Waals surface area (Å²) >= 11 is 7.30. The van der Waals surface area contributed by atoms with E-state index in [1.54, 1.807) is 24.3 Å². The van der Waals surface area contributed by atoms with Crippen LogP contribution in [-0.2, 0) is 13.0 Å². The van der Waals surface area contributed by atoms with Crippen molar-refractivity contribution < 1.29 is 9.59 Å². The Hall–Kier alpha value is -2.09. The predicted octanol–water partition coefficient (Wildman–Crippen LogP) is 4.30. The van der Waals surface area contributed by atoms with E-state index < -0.39 is 11.9 Å². The number of amides is 3. The van der Waals surface area contributed by atoms with E-state index in [1.165, 1.54) is 11.3 Å². The van der Waals surface area contributed by atoms with E-state index >= 15 is 0 Å². The molecule has 3 rings (SSSR count). The molecule has 1 aliphatic rings. The van der Waals surface area contributed by atoms with Gasteiger partial charge in [0.2, 0.25) is 0 Å². The molecule has 1 aromatic carbocycles. The van der Waals surface area contributed by atoms with Crippen LogP contribution in [0.1, 0.15) is 40.6 Å². The maximum Gasteiger partial charge on any atom is 0.324 e. The van der Waals surface area contributed by atoms with Crippen LogP contribution in [0.4, 0.5) is 15.5 Å². The smallest absolute Gasteiger partial charge is 0.324 e. The van der Waals surface area contributed by atoms with Gasteiger partial charge in [-0.1, -0.05) is 24.9 Å². The number of likely N-dealkylation sites (N-methyl/N-ethyl adjacent to an activating group) is 1. The number of benzene rings is 1. The van der Waals surface area contributed by atoms with E-state index in [0.29, 0.717) is 33.9 Å². The number of nitrogens with one attached hydrogen (secondary N) is 2. The fourth-order valence-corrected chi connectivity index (χ4v) is 4.80. The Labute approximate surface area is 167 Å². The number of nitrogens with zero attached hydrogens (tertiary/aromatic N) is 1. The van der Waals surface area contributed by atoms with Gasteiger partial charge in [-0.2, -0.15) is 0 Å². The summed E-state index contributed by atoms with van der Waals surface area (Å²) in [5.41, 5.74) is 7.60. The Balaban J connectivity index is 1.81. The molecular formula is C19H23ClN4O2S. The van der Waals surface area contributed by atoms with Crippen LogP contribution in [0, 0.1) is 0 Å². The number of fused-ring (bicyclic) bond motifs is 1. The molecule has 0 radical (unpaired) electrons. The second-order valence-electron chi connectivity index (χ2n) is 6.72. The topological polar surface area (TPSA) is 87.5 Å². The van der Waals surface area contributed by atoms with Crippen molar-refractivity contribution in [3.05, 3.63) is 45.3 Å². The summed E-state index contributed by atoms with van der Waals surface area (Å²) in [5.74, 6) is -0.517. The zero-order valence-electron chi connectivity index (χ0n) is 15.3. The molecule has 1 unspecified atom stereocenters. The van der Waals surface area contributed by atoms with Crippen LogP contribution >= 0.6 is 22.9 Å². The molecule has 1 aromatic heterocycles. The van der Waals surface area contributed by atoms with Gasteiger partial charge in [0.25, 0.3) is 5.91 Å². The fraction of sp³-hybridized carbons (Fsp3) is 0.368. The van der Waals surface area contributed by atoms with Crippen LogP contribution in [0.15, 0.2) is 24.3 Å². The summed E-state index contributed by atoms with van der Waals surface area (Å²) < 4.78 is 0. The molecular weight excluding hydrogens is 384 g/mol. The maximum absolute atomic E-state index is 12.4. The highest BCUT2D eigenvalue weighted by Crippen LogP contribution is 2.38. The van der Waals surface area contributed by atoms with E-state index in [0.717, 1.165) is 29.7 Å². The van der Waals surface area contributed by atoms with E-state index in [-0.39, 0.29) is 0 Å². The van der Waals surface area contributed by atoms with Gasteiger partial charge in [-0.25, -0.2) is 4.79 Å². The molecule has 0 spiro atoms. The van der Waals surface area contributed by atoms with Crippen LogP contribution in [0.3, 0.4) is 0 Å². The lowest BCUT2D eigenvalue weighted by atomic mass is 9.96. The number of carbonyl (C=O) groups excluding carboxylic acids is 2. The summed E-state index contributed by atoms with van der Waals surface area (Å²) in [4.78, 5) is 27.8. The van der Waals surface area contributed by atoms with Gasteiger partial charge in [0.05, 0.1) is 5.56 Å². The van der Waals surface area contributed by atoms with E-state index in [2.05, 4.69) is 29.5 Å². The Kier molecular flexibility index (Phi) is 6.04. The maximum atomic E-state index is 12.4. The molecule has 4 N–H and O–H groups in total. The quantitative estimate of drug-likeness (QED) is 0.691. The molecule has 27 heavy (non-hydrogen) atoms. The molecule has 8 heteroatoms. The van der Waals surface area contributed by atoms with Crippen LogP contribution in [0.25, 0.3) is 0 Å². The SMILES string of the molecule is CCCC1Cc2sc(NC(=O)Nc3ccc(Cl)cc3)c(C(N)=O)c2CN1C. The number of hydrogen-bond acceptors (Lipinski definition) is 4. The molecule has 3 amide bonds. The number of carbonyl (C=O) groups is 2. The first kappa shape index (κ1) is 19.7. The molecule has 0 bridgehead atoms.